The number of nitrogens with zero attached hydrogens (tertiary/aromatic N) is 2. The van der Waals surface area contributed by atoms with Crippen molar-refractivity contribution < 1.29 is 23.8 Å². The first-order chi connectivity index (χ1) is 17.6. The fraction of sp³-hybridized carbons (Fsp3) is 0.259. The Morgan fingerprint density at radius 1 is 1.16 bits per heavy atom. The molecule has 0 spiro atoms. The third kappa shape index (κ3) is 5.30. The second kappa shape index (κ2) is 10.9. The van der Waals surface area contributed by atoms with E-state index in [1.807, 2.05) is 31.2 Å². The minimum absolute atomic E-state index is 0.208. The minimum Gasteiger partial charge on any atom is -0.493 e. The average Bonchev–Trinajstić information content (AvgIpc) is 3.14. The Kier molecular flexibility index (Phi) is 7.79. The van der Waals surface area contributed by atoms with Gasteiger partial charge in [0.15, 0.2) is 16.3 Å². The van der Waals surface area contributed by atoms with Crippen molar-refractivity contribution in [3.63, 3.8) is 0 Å². The zero-order chi connectivity index (χ0) is 26.9. The van der Waals surface area contributed by atoms with Crippen LogP contribution in [0.2, 0.25) is 0 Å². The molecule has 0 bridgehead atoms. The molecule has 0 saturated carbocycles. The van der Waals surface area contributed by atoms with Gasteiger partial charge in [-0.1, -0.05) is 57.1 Å². The Bertz CT molecular complexity index is 1600. The van der Waals surface area contributed by atoms with Gasteiger partial charge in [0, 0.05) is 11.4 Å². The van der Waals surface area contributed by atoms with Gasteiger partial charge in [-0.2, -0.15) is 0 Å². The largest absolute Gasteiger partial charge is 0.493 e. The van der Waals surface area contributed by atoms with E-state index in [4.69, 9.17) is 14.2 Å². The Morgan fingerprint density at radius 2 is 1.86 bits per heavy atom. The molecule has 8 nitrogen and oxygen atoms in total. The summed E-state index contributed by atoms with van der Waals surface area (Å²) >= 11 is 4.71. The molecule has 2 heterocycles. The van der Waals surface area contributed by atoms with E-state index in [2.05, 4.69) is 20.9 Å². The van der Waals surface area contributed by atoms with Crippen LogP contribution in [0.3, 0.4) is 0 Å². The van der Waals surface area contributed by atoms with E-state index >= 15 is 0 Å². The van der Waals surface area contributed by atoms with Gasteiger partial charge in [-0.3, -0.25) is 14.2 Å². The quantitative estimate of drug-likeness (QED) is 0.323. The molecule has 0 amide bonds. The molecule has 10 heteroatoms. The average molecular weight is 585 g/mol. The SMILES string of the molecule is CCOC(=O)C1=C(C)N=c2s/c(=C/c3cc(OC)c(OC(C)=O)cc3Br)c(=O)n2[C@@H]1c1ccc(C)cc1. The first kappa shape index (κ1) is 26.6. The number of hydrogen-bond acceptors (Lipinski definition) is 8. The van der Waals surface area contributed by atoms with Crippen LogP contribution in [-0.4, -0.2) is 30.2 Å². The highest BCUT2D eigenvalue weighted by atomic mass is 79.9. The van der Waals surface area contributed by atoms with Crippen molar-refractivity contribution >= 4 is 45.3 Å². The molecule has 3 aromatic rings. The normalized spacial score (nSPS) is 15.2. The molecule has 0 fully saturated rings. The fourth-order valence-corrected chi connectivity index (χ4v) is 5.53. The lowest BCUT2D eigenvalue weighted by atomic mass is 9.95. The van der Waals surface area contributed by atoms with E-state index in [1.54, 1.807) is 36.6 Å². The molecule has 0 N–H and O–H groups in total. The number of rotatable bonds is 6. The van der Waals surface area contributed by atoms with E-state index in [0.717, 1.165) is 11.1 Å². The van der Waals surface area contributed by atoms with Gasteiger partial charge in [0.2, 0.25) is 0 Å². The summed E-state index contributed by atoms with van der Waals surface area (Å²) in [5.41, 5.74) is 3.03. The lowest BCUT2D eigenvalue weighted by Crippen LogP contribution is -2.39. The van der Waals surface area contributed by atoms with Crippen molar-refractivity contribution in [3.8, 4) is 11.5 Å². The van der Waals surface area contributed by atoms with Gasteiger partial charge in [0.25, 0.3) is 5.56 Å². The second-order valence-electron chi connectivity index (χ2n) is 8.33. The Labute approximate surface area is 225 Å². The summed E-state index contributed by atoms with van der Waals surface area (Å²) in [5.74, 6) is -0.378. The number of benzene rings is 2. The van der Waals surface area contributed by atoms with Crippen LogP contribution < -0.4 is 24.4 Å². The molecule has 37 heavy (non-hydrogen) atoms. The smallest absolute Gasteiger partial charge is 0.338 e. The van der Waals surface area contributed by atoms with Crippen LogP contribution in [0.15, 0.2) is 61.9 Å². The van der Waals surface area contributed by atoms with Crippen LogP contribution in [-0.2, 0) is 14.3 Å². The van der Waals surface area contributed by atoms with Crippen LogP contribution in [0.4, 0.5) is 0 Å². The van der Waals surface area contributed by atoms with Gasteiger partial charge >= 0.3 is 11.9 Å². The summed E-state index contributed by atoms with van der Waals surface area (Å²) in [4.78, 5) is 43.3. The lowest BCUT2D eigenvalue weighted by molar-refractivity contribution is -0.139. The topological polar surface area (TPSA) is 96.2 Å². The number of aryl methyl sites for hydroxylation is 1. The van der Waals surface area contributed by atoms with Crippen molar-refractivity contribution in [1.82, 2.24) is 4.57 Å². The number of fused-ring (bicyclic) bond motifs is 1. The van der Waals surface area contributed by atoms with Gasteiger partial charge in [-0.25, -0.2) is 9.79 Å². The van der Waals surface area contributed by atoms with Crippen LogP contribution in [0.25, 0.3) is 6.08 Å². The summed E-state index contributed by atoms with van der Waals surface area (Å²) in [6, 6.07) is 10.3. The van der Waals surface area contributed by atoms with Crippen molar-refractivity contribution in [3.05, 3.63) is 88.5 Å². The highest BCUT2D eigenvalue weighted by Crippen LogP contribution is 2.34. The maximum absolute atomic E-state index is 13.8. The second-order valence-corrected chi connectivity index (χ2v) is 10.2. The van der Waals surface area contributed by atoms with E-state index in [0.29, 0.717) is 36.4 Å². The third-order valence-corrected chi connectivity index (χ3v) is 7.40. The van der Waals surface area contributed by atoms with Crippen molar-refractivity contribution in [2.45, 2.75) is 33.7 Å². The number of ether oxygens (including phenoxy) is 3. The monoisotopic (exact) mass is 584 g/mol. The number of esters is 2. The van der Waals surface area contributed by atoms with Gasteiger partial charge < -0.3 is 14.2 Å². The summed E-state index contributed by atoms with van der Waals surface area (Å²) in [5, 5.41) is 0. The highest BCUT2D eigenvalue weighted by molar-refractivity contribution is 9.10. The van der Waals surface area contributed by atoms with Crippen molar-refractivity contribution in [2.24, 2.45) is 4.99 Å². The lowest BCUT2D eigenvalue weighted by Gasteiger charge is -2.24. The highest BCUT2D eigenvalue weighted by Gasteiger charge is 2.33. The molecule has 1 aliphatic rings. The first-order valence-corrected chi connectivity index (χ1v) is 13.1. The molecular weight excluding hydrogens is 560 g/mol. The maximum atomic E-state index is 13.8. The number of thiazole rings is 1. The molecule has 0 saturated heterocycles. The van der Waals surface area contributed by atoms with E-state index in [9.17, 15) is 14.4 Å². The van der Waals surface area contributed by atoms with Gasteiger partial charge in [0.05, 0.1) is 35.6 Å². The summed E-state index contributed by atoms with van der Waals surface area (Å²) in [6.45, 7) is 6.98. The van der Waals surface area contributed by atoms with E-state index < -0.39 is 18.0 Å². The number of allylic oxidation sites excluding steroid dienone is 1. The number of carbonyl (C=O) groups is 2. The Hall–Kier alpha value is -3.50. The van der Waals surface area contributed by atoms with E-state index in [-0.39, 0.29) is 17.9 Å². The standard InChI is InChI=1S/C27H25BrN2O6S/c1-6-35-26(33)23-15(3)29-27-30(24(23)17-9-7-14(2)8-10-17)25(32)22(37-27)12-18-11-20(34-5)21(13-19(18)28)36-16(4)31/h7-13,24H,6H2,1-5H3/b22-12+/t24-/m1/s1. The third-order valence-electron chi connectivity index (χ3n) is 5.73. The van der Waals surface area contributed by atoms with Crippen LogP contribution in [0.1, 0.15) is 43.5 Å². The molecule has 0 unspecified atom stereocenters. The Balaban J connectivity index is 1.92. The number of carbonyl (C=O) groups excluding carboxylic acids is 2. The molecule has 0 radical (unpaired) electrons. The van der Waals surface area contributed by atoms with Gasteiger partial charge in [-0.05, 0) is 50.1 Å². The summed E-state index contributed by atoms with van der Waals surface area (Å²) < 4.78 is 18.5. The van der Waals surface area contributed by atoms with E-state index in [1.165, 1.54) is 25.4 Å². The van der Waals surface area contributed by atoms with Gasteiger partial charge in [0.1, 0.15) is 0 Å². The number of methoxy groups -OCH3 is 1. The molecule has 1 atom stereocenters. The predicted molar refractivity (Wildman–Crippen MR) is 144 cm³/mol. The fourth-order valence-electron chi connectivity index (χ4n) is 4.05. The molecule has 1 aromatic heterocycles. The number of aromatic nitrogens is 1. The molecule has 2 aromatic carbocycles. The number of hydrogen-bond donors (Lipinski definition) is 0. The van der Waals surface area contributed by atoms with Crippen LogP contribution in [0, 0.1) is 6.92 Å². The summed E-state index contributed by atoms with van der Waals surface area (Å²) in [7, 11) is 1.47. The minimum atomic E-state index is -0.678. The molecular formula is C27H25BrN2O6S. The predicted octanol–water partition coefficient (Wildman–Crippen LogP) is 3.80. The van der Waals surface area contributed by atoms with Crippen LogP contribution >= 0.6 is 27.3 Å². The Morgan fingerprint density at radius 3 is 2.49 bits per heavy atom. The van der Waals surface area contributed by atoms with Crippen molar-refractivity contribution in [2.75, 3.05) is 13.7 Å². The summed E-state index contributed by atoms with van der Waals surface area (Å²) in [6.07, 6.45) is 1.71. The molecule has 192 valence electrons. The molecule has 4 rings (SSSR count). The van der Waals surface area contributed by atoms with Crippen molar-refractivity contribution in [1.29, 1.82) is 0 Å². The molecule has 0 aliphatic carbocycles. The maximum Gasteiger partial charge on any atom is 0.338 e. The zero-order valence-corrected chi connectivity index (χ0v) is 23.4. The first-order valence-electron chi connectivity index (χ1n) is 11.5. The van der Waals surface area contributed by atoms with Gasteiger partial charge in [-0.15, -0.1) is 0 Å². The van der Waals surface area contributed by atoms with Crippen LogP contribution in [0.5, 0.6) is 11.5 Å². The number of halogens is 1. The zero-order valence-electron chi connectivity index (χ0n) is 21.0. The molecule has 1 aliphatic heterocycles.